The summed E-state index contributed by atoms with van der Waals surface area (Å²) in [4.78, 5) is 28.7. The maximum absolute atomic E-state index is 13.6. The third-order valence-electron chi connectivity index (χ3n) is 5.94. The zero-order chi connectivity index (χ0) is 25.6. The quantitative estimate of drug-likeness (QED) is 0.245. The smallest absolute Gasteiger partial charge is 0.243 e. The lowest BCUT2D eigenvalue weighted by atomic mass is 10.0. The van der Waals surface area contributed by atoms with Crippen molar-refractivity contribution >= 4 is 35.2 Å². The third-order valence-corrected chi connectivity index (χ3v) is 7.22. The molecule has 0 heterocycles. The van der Waals surface area contributed by atoms with Gasteiger partial charge in [0.2, 0.25) is 11.8 Å². The van der Waals surface area contributed by atoms with Gasteiger partial charge in [-0.05, 0) is 35.2 Å². The van der Waals surface area contributed by atoms with Crippen LogP contribution >= 0.6 is 23.4 Å². The summed E-state index contributed by atoms with van der Waals surface area (Å²) < 4.78 is 0. The van der Waals surface area contributed by atoms with Crippen LogP contribution in [0.3, 0.4) is 0 Å². The Morgan fingerprint density at radius 2 is 1.53 bits per heavy atom. The molecule has 0 radical (unpaired) electrons. The molecule has 0 spiro atoms. The first-order valence-electron chi connectivity index (χ1n) is 12.5. The van der Waals surface area contributed by atoms with E-state index < -0.39 is 6.04 Å². The monoisotopic (exact) mass is 522 g/mol. The molecule has 0 aliphatic heterocycles. The first-order valence-corrected chi connectivity index (χ1v) is 14.1. The van der Waals surface area contributed by atoms with Crippen LogP contribution in [0.2, 0.25) is 5.02 Å². The normalized spacial score (nSPS) is 11.6. The van der Waals surface area contributed by atoms with Gasteiger partial charge >= 0.3 is 0 Å². The van der Waals surface area contributed by atoms with Crippen LogP contribution in [0.4, 0.5) is 0 Å². The van der Waals surface area contributed by atoms with Crippen molar-refractivity contribution in [3.05, 3.63) is 107 Å². The number of amides is 2. The summed E-state index contributed by atoms with van der Waals surface area (Å²) in [5, 5.41) is 3.71. The highest BCUT2D eigenvalue weighted by Crippen LogP contribution is 2.19. The molecule has 3 rings (SSSR count). The zero-order valence-corrected chi connectivity index (χ0v) is 22.4. The van der Waals surface area contributed by atoms with Crippen LogP contribution in [0.1, 0.15) is 42.9 Å². The molecule has 2 amide bonds. The fourth-order valence-electron chi connectivity index (χ4n) is 3.91. The summed E-state index contributed by atoms with van der Waals surface area (Å²) in [5.74, 6) is 1.43. The number of carbonyl (C=O) groups excluding carboxylic acids is 2. The second kappa shape index (κ2) is 15.4. The number of benzene rings is 3. The Morgan fingerprint density at radius 3 is 2.17 bits per heavy atom. The maximum Gasteiger partial charge on any atom is 0.243 e. The number of rotatable bonds is 14. The van der Waals surface area contributed by atoms with Gasteiger partial charge in [-0.15, -0.1) is 0 Å². The second-order valence-corrected chi connectivity index (χ2v) is 10.3. The van der Waals surface area contributed by atoms with Crippen LogP contribution in [0.15, 0.2) is 84.9 Å². The lowest BCUT2D eigenvalue weighted by Crippen LogP contribution is -2.50. The van der Waals surface area contributed by atoms with Crippen LogP contribution in [-0.2, 0) is 28.3 Å². The van der Waals surface area contributed by atoms with Gasteiger partial charge in [-0.25, -0.2) is 0 Å². The van der Waals surface area contributed by atoms with E-state index in [1.54, 1.807) is 16.7 Å². The Bertz CT molecular complexity index is 1060. The number of carbonyl (C=O) groups is 2. The van der Waals surface area contributed by atoms with Gasteiger partial charge in [-0.1, -0.05) is 97.7 Å². The summed E-state index contributed by atoms with van der Waals surface area (Å²) in [7, 11) is 0. The average Bonchev–Trinajstić information content (AvgIpc) is 2.91. The number of hydrogen-bond acceptors (Lipinski definition) is 3. The highest BCUT2D eigenvalue weighted by Gasteiger charge is 2.30. The summed E-state index contributed by atoms with van der Waals surface area (Å²) in [6.45, 7) is 3.06. The van der Waals surface area contributed by atoms with E-state index in [2.05, 4.69) is 24.4 Å². The first kappa shape index (κ1) is 27.8. The molecule has 190 valence electrons. The lowest BCUT2D eigenvalue weighted by Gasteiger charge is -2.31. The summed E-state index contributed by atoms with van der Waals surface area (Å²) in [6.07, 6.45) is 2.74. The summed E-state index contributed by atoms with van der Waals surface area (Å²) in [6, 6.07) is 27.0. The Morgan fingerprint density at radius 1 is 0.889 bits per heavy atom. The first-order chi connectivity index (χ1) is 17.6. The third kappa shape index (κ3) is 9.36. The summed E-state index contributed by atoms with van der Waals surface area (Å²) >= 11 is 7.83. The van der Waals surface area contributed by atoms with E-state index in [1.165, 1.54) is 5.56 Å². The molecule has 0 aromatic heterocycles. The largest absolute Gasteiger partial charge is 0.354 e. The topological polar surface area (TPSA) is 49.4 Å². The minimum Gasteiger partial charge on any atom is -0.354 e. The van der Waals surface area contributed by atoms with Gasteiger partial charge in [0.25, 0.3) is 0 Å². The molecule has 4 nitrogen and oxygen atoms in total. The molecule has 0 bridgehead atoms. The van der Waals surface area contributed by atoms with Gasteiger partial charge in [0.15, 0.2) is 0 Å². The Balaban J connectivity index is 1.77. The Hall–Kier alpha value is -2.76. The van der Waals surface area contributed by atoms with E-state index in [4.69, 9.17) is 11.6 Å². The minimum atomic E-state index is -0.591. The highest BCUT2D eigenvalue weighted by atomic mass is 35.5. The van der Waals surface area contributed by atoms with Crippen molar-refractivity contribution in [2.75, 3.05) is 12.3 Å². The molecule has 0 saturated carbocycles. The standard InChI is InChI=1S/C30H35ClN2O2S/c1-2-3-19-32-30(35)28(21-24-10-6-4-7-11-24)33(22-25-14-16-27(31)17-15-25)29(34)18-20-36-23-26-12-8-5-9-13-26/h4-17,28H,2-3,18-23H2,1H3,(H,32,35)/t28-/m0/s1. The molecule has 6 heteroatoms. The highest BCUT2D eigenvalue weighted by molar-refractivity contribution is 7.98. The van der Waals surface area contributed by atoms with E-state index in [-0.39, 0.29) is 11.8 Å². The molecular formula is C30H35ClN2O2S. The molecule has 0 saturated heterocycles. The predicted molar refractivity (Wildman–Crippen MR) is 151 cm³/mol. The predicted octanol–water partition coefficient (Wildman–Crippen LogP) is 6.52. The summed E-state index contributed by atoms with van der Waals surface area (Å²) in [5.41, 5.74) is 3.22. The molecule has 36 heavy (non-hydrogen) atoms. The number of hydrogen-bond donors (Lipinski definition) is 1. The van der Waals surface area contributed by atoms with E-state index >= 15 is 0 Å². The Labute approximate surface area is 224 Å². The van der Waals surface area contributed by atoms with Crippen LogP contribution in [-0.4, -0.2) is 35.1 Å². The molecule has 0 fully saturated rings. The molecule has 1 atom stereocenters. The molecule has 0 unspecified atom stereocenters. The molecular weight excluding hydrogens is 488 g/mol. The van der Waals surface area contributed by atoms with E-state index in [0.29, 0.717) is 36.7 Å². The fraction of sp³-hybridized carbons (Fsp3) is 0.333. The number of nitrogens with one attached hydrogen (secondary N) is 1. The van der Waals surface area contributed by atoms with E-state index in [9.17, 15) is 9.59 Å². The molecule has 0 aliphatic carbocycles. The fourth-order valence-corrected chi connectivity index (χ4v) is 4.93. The SMILES string of the molecule is CCCCNC(=O)[C@H](Cc1ccccc1)N(Cc1ccc(Cl)cc1)C(=O)CCSCc1ccccc1. The van der Waals surface area contributed by atoms with Gasteiger partial charge in [-0.2, -0.15) is 11.8 Å². The van der Waals surface area contributed by atoms with Crippen molar-refractivity contribution in [3.8, 4) is 0 Å². The minimum absolute atomic E-state index is 0.0166. The van der Waals surface area contributed by atoms with Crippen molar-refractivity contribution in [1.29, 1.82) is 0 Å². The number of unbranched alkanes of at least 4 members (excludes halogenated alkanes) is 1. The van der Waals surface area contributed by atoms with Crippen molar-refractivity contribution < 1.29 is 9.59 Å². The maximum atomic E-state index is 13.6. The van der Waals surface area contributed by atoms with Crippen LogP contribution in [0.25, 0.3) is 0 Å². The van der Waals surface area contributed by atoms with Crippen LogP contribution in [0, 0.1) is 0 Å². The zero-order valence-electron chi connectivity index (χ0n) is 20.9. The lowest BCUT2D eigenvalue weighted by molar-refractivity contribution is -0.141. The van der Waals surface area contributed by atoms with Gasteiger partial charge < -0.3 is 10.2 Å². The number of halogens is 1. The Kier molecular flexibility index (Phi) is 11.9. The van der Waals surface area contributed by atoms with E-state index in [1.807, 2.05) is 72.8 Å². The van der Waals surface area contributed by atoms with Gasteiger partial charge in [0.05, 0.1) is 0 Å². The van der Waals surface area contributed by atoms with Gasteiger partial charge in [-0.3, -0.25) is 9.59 Å². The molecule has 3 aromatic carbocycles. The molecule has 3 aromatic rings. The van der Waals surface area contributed by atoms with Gasteiger partial charge in [0.1, 0.15) is 6.04 Å². The van der Waals surface area contributed by atoms with Crippen LogP contribution < -0.4 is 5.32 Å². The number of nitrogens with zero attached hydrogens (tertiary/aromatic N) is 1. The van der Waals surface area contributed by atoms with Crippen molar-refractivity contribution in [1.82, 2.24) is 10.2 Å². The van der Waals surface area contributed by atoms with Gasteiger partial charge in [0, 0.05) is 42.5 Å². The number of thioether (sulfide) groups is 1. The average molecular weight is 523 g/mol. The van der Waals surface area contributed by atoms with Crippen molar-refractivity contribution in [2.45, 2.75) is 50.9 Å². The van der Waals surface area contributed by atoms with E-state index in [0.717, 1.165) is 29.7 Å². The molecule has 1 N–H and O–H groups in total. The second-order valence-electron chi connectivity index (χ2n) is 8.79. The van der Waals surface area contributed by atoms with Crippen molar-refractivity contribution in [3.63, 3.8) is 0 Å². The van der Waals surface area contributed by atoms with Crippen molar-refractivity contribution in [2.24, 2.45) is 0 Å². The van der Waals surface area contributed by atoms with Crippen LogP contribution in [0.5, 0.6) is 0 Å². The molecule has 0 aliphatic rings.